The van der Waals surface area contributed by atoms with Gasteiger partial charge in [0.05, 0.1) is 22.8 Å². The third kappa shape index (κ3) is 3.85. The van der Waals surface area contributed by atoms with Gasteiger partial charge in [-0.25, -0.2) is 13.2 Å². The molecular weight excluding hydrogens is 370 g/mol. The monoisotopic (exact) mass is 391 g/mol. The minimum absolute atomic E-state index is 0.0100. The lowest BCUT2D eigenvalue weighted by atomic mass is 10.1. The normalized spacial score (nSPS) is 15.7. The Morgan fingerprint density at radius 3 is 2.74 bits per heavy atom. The maximum Gasteiger partial charge on any atom is 0.335 e. The summed E-state index contributed by atoms with van der Waals surface area (Å²) < 4.78 is 39.7. The molecule has 0 amide bonds. The van der Waals surface area contributed by atoms with Gasteiger partial charge in [-0.2, -0.15) is 0 Å². The predicted octanol–water partition coefficient (Wildman–Crippen LogP) is 3.22. The highest BCUT2D eigenvalue weighted by Gasteiger charge is 2.25. The number of rotatable bonds is 6. The Morgan fingerprint density at radius 2 is 2.07 bits per heavy atom. The zero-order valence-electron chi connectivity index (χ0n) is 15.3. The van der Waals surface area contributed by atoms with E-state index < -0.39 is 16.0 Å². The summed E-state index contributed by atoms with van der Waals surface area (Å²) in [7, 11) is -4.02. The van der Waals surface area contributed by atoms with Crippen molar-refractivity contribution in [1.29, 1.82) is 0 Å². The van der Waals surface area contributed by atoms with Gasteiger partial charge in [-0.05, 0) is 44.5 Å². The summed E-state index contributed by atoms with van der Waals surface area (Å²) in [5.41, 5.74) is 1.55. The summed E-state index contributed by atoms with van der Waals surface area (Å²) in [6.45, 7) is 5.73. The largest absolute Gasteiger partial charge is 0.492 e. The van der Waals surface area contributed by atoms with E-state index in [4.69, 9.17) is 14.6 Å². The summed E-state index contributed by atoms with van der Waals surface area (Å²) in [6.07, 6.45) is 0.734. The van der Waals surface area contributed by atoms with Crippen LogP contribution >= 0.6 is 0 Å². The lowest BCUT2D eigenvalue weighted by Crippen LogP contribution is -2.16. The fraction of sp³-hybridized carbons (Fsp3) is 0.316. The van der Waals surface area contributed by atoms with Crippen LogP contribution in [0.1, 0.15) is 35.3 Å². The number of carbonyl (C=O) groups is 1. The Balaban J connectivity index is 2.03. The summed E-state index contributed by atoms with van der Waals surface area (Å²) in [4.78, 5) is 11.1. The van der Waals surface area contributed by atoms with Crippen molar-refractivity contribution in [3.63, 3.8) is 0 Å². The van der Waals surface area contributed by atoms with Crippen molar-refractivity contribution < 1.29 is 27.8 Å². The SMILES string of the molecule is CCOc1cc2c(cc1NS(=O)(=O)c1cc(C(=O)O)ccc1C)OC(C)C2. The number of nitrogens with one attached hydrogen (secondary N) is 1. The number of hydrogen-bond acceptors (Lipinski definition) is 5. The molecule has 2 aromatic rings. The Hall–Kier alpha value is -2.74. The summed E-state index contributed by atoms with van der Waals surface area (Å²) in [6, 6.07) is 7.37. The average Bonchev–Trinajstić information content (AvgIpc) is 2.94. The molecule has 7 nitrogen and oxygen atoms in total. The molecule has 1 aliphatic rings. The van der Waals surface area contributed by atoms with E-state index in [1.54, 1.807) is 19.1 Å². The van der Waals surface area contributed by atoms with Gasteiger partial charge in [-0.1, -0.05) is 6.07 Å². The third-order valence-electron chi connectivity index (χ3n) is 4.27. The van der Waals surface area contributed by atoms with E-state index in [1.165, 1.54) is 12.1 Å². The molecule has 2 N–H and O–H groups in total. The van der Waals surface area contributed by atoms with Gasteiger partial charge < -0.3 is 14.6 Å². The molecule has 1 atom stereocenters. The third-order valence-corrected chi connectivity index (χ3v) is 5.77. The molecular formula is C19H21NO6S. The van der Waals surface area contributed by atoms with Crippen molar-refractivity contribution in [2.75, 3.05) is 11.3 Å². The van der Waals surface area contributed by atoms with Gasteiger partial charge in [0.25, 0.3) is 10.0 Å². The number of hydrogen-bond donors (Lipinski definition) is 2. The van der Waals surface area contributed by atoms with Gasteiger partial charge in [0, 0.05) is 18.1 Å². The maximum absolute atomic E-state index is 12.9. The second-order valence-corrected chi connectivity index (χ2v) is 8.06. The highest BCUT2D eigenvalue weighted by Crippen LogP contribution is 2.39. The zero-order valence-corrected chi connectivity index (χ0v) is 16.1. The van der Waals surface area contributed by atoms with Gasteiger partial charge in [0.15, 0.2) is 0 Å². The Bertz CT molecular complexity index is 999. The summed E-state index contributed by atoms with van der Waals surface area (Å²) in [5, 5.41) is 9.15. The van der Waals surface area contributed by atoms with Gasteiger partial charge in [0.1, 0.15) is 17.6 Å². The Labute approximate surface area is 158 Å². The van der Waals surface area contributed by atoms with E-state index in [2.05, 4.69) is 4.72 Å². The number of ether oxygens (including phenoxy) is 2. The summed E-state index contributed by atoms with van der Waals surface area (Å²) >= 11 is 0. The van der Waals surface area contributed by atoms with Crippen molar-refractivity contribution in [3.05, 3.63) is 47.0 Å². The molecule has 0 radical (unpaired) electrons. The number of aromatic carboxylic acids is 1. The van der Waals surface area contributed by atoms with Crippen LogP contribution in [-0.4, -0.2) is 32.2 Å². The van der Waals surface area contributed by atoms with Crippen LogP contribution in [0.3, 0.4) is 0 Å². The Kier molecular flexibility index (Phi) is 5.01. The molecule has 27 heavy (non-hydrogen) atoms. The molecule has 0 bridgehead atoms. The molecule has 1 unspecified atom stereocenters. The molecule has 1 heterocycles. The van der Waals surface area contributed by atoms with Gasteiger partial charge >= 0.3 is 5.97 Å². The first-order valence-electron chi connectivity index (χ1n) is 8.54. The zero-order chi connectivity index (χ0) is 19.8. The van der Waals surface area contributed by atoms with Crippen molar-refractivity contribution in [3.8, 4) is 11.5 Å². The van der Waals surface area contributed by atoms with E-state index in [1.807, 2.05) is 13.8 Å². The number of sulfonamides is 1. The quantitative estimate of drug-likeness (QED) is 0.784. The predicted molar refractivity (Wildman–Crippen MR) is 100 cm³/mol. The number of anilines is 1. The van der Waals surface area contributed by atoms with Crippen LogP contribution in [0.5, 0.6) is 11.5 Å². The second-order valence-electron chi connectivity index (χ2n) is 6.41. The van der Waals surface area contributed by atoms with Crippen LogP contribution in [0, 0.1) is 6.92 Å². The molecule has 144 valence electrons. The van der Waals surface area contributed by atoms with Crippen molar-refractivity contribution in [2.24, 2.45) is 0 Å². The lowest BCUT2D eigenvalue weighted by molar-refractivity contribution is 0.0696. The van der Waals surface area contributed by atoms with Crippen LogP contribution in [-0.2, 0) is 16.4 Å². The number of benzene rings is 2. The number of fused-ring (bicyclic) bond motifs is 1. The average molecular weight is 391 g/mol. The molecule has 1 aliphatic heterocycles. The molecule has 0 aromatic heterocycles. The van der Waals surface area contributed by atoms with E-state index in [-0.39, 0.29) is 22.3 Å². The van der Waals surface area contributed by atoms with Gasteiger partial charge in [0.2, 0.25) is 0 Å². The maximum atomic E-state index is 12.9. The van der Waals surface area contributed by atoms with Crippen molar-refractivity contribution >= 4 is 21.7 Å². The van der Waals surface area contributed by atoms with Crippen LogP contribution < -0.4 is 14.2 Å². The number of carboxylic acids is 1. The molecule has 8 heteroatoms. The van der Waals surface area contributed by atoms with Crippen LogP contribution in [0.15, 0.2) is 35.2 Å². The van der Waals surface area contributed by atoms with Gasteiger partial charge in [-0.15, -0.1) is 0 Å². The van der Waals surface area contributed by atoms with Crippen LogP contribution in [0.2, 0.25) is 0 Å². The summed E-state index contributed by atoms with van der Waals surface area (Å²) in [5.74, 6) is -0.175. The first-order chi connectivity index (χ1) is 12.7. The lowest BCUT2D eigenvalue weighted by Gasteiger charge is -2.16. The minimum atomic E-state index is -4.02. The number of aryl methyl sites for hydroxylation is 1. The molecule has 0 saturated heterocycles. The molecule has 3 rings (SSSR count). The molecule has 0 aliphatic carbocycles. The van der Waals surface area contributed by atoms with Gasteiger partial charge in [-0.3, -0.25) is 4.72 Å². The van der Waals surface area contributed by atoms with Crippen LogP contribution in [0.25, 0.3) is 0 Å². The van der Waals surface area contributed by atoms with E-state index >= 15 is 0 Å². The van der Waals surface area contributed by atoms with E-state index in [0.717, 1.165) is 18.1 Å². The first-order valence-corrected chi connectivity index (χ1v) is 10.0. The minimum Gasteiger partial charge on any atom is -0.492 e. The standard InChI is InChI=1S/C19H21NO6S/c1-4-25-17-8-14-7-12(3)26-16(14)10-15(17)20-27(23,24)18-9-13(19(21)22)6-5-11(18)2/h5-6,8-10,12,20H,4,7H2,1-3H3,(H,21,22). The fourth-order valence-electron chi connectivity index (χ4n) is 3.02. The first kappa shape index (κ1) is 19.0. The highest BCUT2D eigenvalue weighted by atomic mass is 32.2. The van der Waals surface area contributed by atoms with E-state index in [9.17, 15) is 13.2 Å². The van der Waals surface area contributed by atoms with Crippen molar-refractivity contribution in [2.45, 2.75) is 38.2 Å². The highest BCUT2D eigenvalue weighted by molar-refractivity contribution is 7.92. The molecule has 0 saturated carbocycles. The second kappa shape index (κ2) is 7.11. The smallest absolute Gasteiger partial charge is 0.335 e. The number of carboxylic acid groups (broad SMARTS) is 1. The Morgan fingerprint density at radius 1 is 1.33 bits per heavy atom. The molecule has 0 fully saturated rings. The van der Waals surface area contributed by atoms with Crippen LogP contribution in [0.4, 0.5) is 5.69 Å². The fourth-order valence-corrected chi connectivity index (χ4v) is 4.35. The topological polar surface area (TPSA) is 102 Å². The van der Waals surface area contributed by atoms with E-state index in [0.29, 0.717) is 23.7 Å². The van der Waals surface area contributed by atoms with Crippen molar-refractivity contribution in [1.82, 2.24) is 0 Å². The molecule has 0 spiro atoms. The molecule has 2 aromatic carbocycles.